The van der Waals surface area contributed by atoms with Crippen LogP contribution < -0.4 is 16.0 Å². The molecule has 2 aromatic carbocycles. The van der Waals surface area contributed by atoms with Crippen molar-refractivity contribution in [3.05, 3.63) is 59.7 Å². The Labute approximate surface area is 156 Å². The van der Waals surface area contributed by atoms with Gasteiger partial charge in [0.25, 0.3) is 0 Å². The molecule has 4 nitrogen and oxygen atoms in total. The van der Waals surface area contributed by atoms with E-state index in [9.17, 15) is 4.79 Å². The fraction of sp³-hybridized carbons (Fsp3) is 0.409. The number of rotatable bonds is 7. The SMILES string of the molecule is CC(C)Nc1ccc(NCc2ccccc2)cc1C1(C=O)CCNCC1. The highest BCUT2D eigenvalue weighted by Gasteiger charge is 2.35. The molecule has 0 atom stereocenters. The quantitative estimate of drug-likeness (QED) is 0.662. The van der Waals surface area contributed by atoms with E-state index in [1.807, 2.05) is 6.07 Å². The van der Waals surface area contributed by atoms with Crippen molar-refractivity contribution >= 4 is 17.7 Å². The Morgan fingerprint density at radius 2 is 1.85 bits per heavy atom. The van der Waals surface area contributed by atoms with Gasteiger partial charge in [-0.1, -0.05) is 30.3 Å². The molecular formula is C22H29N3O. The van der Waals surface area contributed by atoms with Gasteiger partial charge in [0.1, 0.15) is 6.29 Å². The summed E-state index contributed by atoms with van der Waals surface area (Å²) in [7, 11) is 0. The molecule has 1 fully saturated rings. The molecule has 1 saturated heterocycles. The van der Waals surface area contributed by atoms with Gasteiger partial charge in [-0.15, -0.1) is 0 Å². The minimum absolute atomic E-state index is 0.322. The van der Waals surface area contributed by atoms with Crippen LogP contribution in [0.15, 0.2) is 48.5 Å². The van der Waals surface area contributed by atoms with E-state index in [-0.39, 0.29) is 0 Å². The summed E-state index contributed by atoms with van der Waals surface area (Å²) in [6.07, 6.45) is 2.84. The Balaban J connectivity index is 1.89. The second-order valence-electron chi connectivity index (χ2n) is 7.42. The van der Waals surface area contributed by atoms with Crippen LogP contribution in [0.2, 0.25) is 0 Å². The van der Waals surface area contributed by atoms with Crippen molar-refractivity contribution in [2.24, 2.45) is 0 Å². The van der Waals surface area contributed by atoms with E-state index in [1.165, 1.54) is 5.56 Å². The van der Waals surface area contributed by atoms with Crippen molar-refractivity contribution in [2.45, 2.75) is 44.7 Å². The molecule has 138 valence electrons. The Kier molecular flexibility index (Phi) is 5.94. The maximum atomic E-state index is 12.1. The van der Waals surface area contributed by atoms with E-state index in [0.717, 1.165) is 55.7 Å². The number of nitrogens with one attached hydrogen (secondary N) is 3. The van der Waals surface area contributed by atoms with E-state index >= 15 is 0 Å². The first-order chi connectivity index (χ1) is 12.6. The first-order valence-corrected chi connectivity index (χ1v) is 9.49. The molecule has 0 saturated carbocycles. The number of carbonyl (C=O) groups excluding carboxylic acids is 1. The lowest BCUT2D eigenvalue weighted by Gasteiger charge is -2.35. The second-order valence-corrected chi connectivity index (χ2v) is 7.42. The molecule has 4 heteroatoms. The van der Waals surface area contributed by atoms with Crippen LogP contribution in [0.1, 0.15) is 37.8 Å². The van der Waals surface area contributed by atoms with Crippen LogP contribution in [0.25, 0.3) is 0 Å². The fourth-order valence-corrected chi connectivity index (χ4v) is 3.63. The van der Waals surface area contributed by atoms with Gasteiger partial charge in [0.05, 0.1) is 5.41 Å². The lowest BCUT2D eigenvalue weighted by Crippen LogP contribution is -2.41. The molecule has 0 bridgehead atoms. The standard InChI is InChI=1S/C22H29N3O/c1-17(2)25-21-9-8-19(24-15-18-6-4-3-5-7-18)14-20(21)22(16-26)10-12-23-13-11-22/h3-9,14,16-17,23-25H,10-13,15H2,1-2H3. The summed E-state index contributed by atoms with van der Waals surface area (Å²) >= 11 is 0. The van der Waals surface area contributed by atoms with Crippen LogP contribution >= 0.6 is 0 Å². The number of hydrogen-bond acceptors (Lipinski definition) is 4. The molecule has 1 aliphatic heterocycles. The maximum Gasteiger partial charge on any atom is 0.130 e. The van der Waals surface area contributed by atoms with Crippen LogP contribution in [-0.2, 0) is 16.8 Å². The third-order valence-electron chi connectivity index (χ3n) is 5.06. The van der Waals surface area contributed by atoms with E-state index in [2.05, 4.69) is 72.3 Å². The molecule has 2 aromatic rings. The monoisotopic (exact) mass is 351 g/mol. The summed E-state index contributed by atoms with van der Waals surface area (Å²) in [4.78, 5) is 12.1. The highest BCUT2D eigenvalue weighted by Crippen LogP contribution is 2.38. The summed E-state index contributed by atoms with van der Waals surface area (Å²) in [5, 5.41) is 10.4. The van der Waals surface area contributed by atoms with Gasteiger partial charge in [0.2, 0.25) is 0 Å². The van der Waals surface area contributed by atoms with Crippen LogP contribution in [0.4, 0.5) is 11.4 Å². The van der Waals surface area contributed by atoms with Gasteiger partial charge in [-0.2, -0.15) is 0 Å². The molecule has 3 N–H and O–H groups in total. The van der Waals surface area contributed by atoms with E-state index in [4.69, 9.17) is 0 Å². The first-order valence-electron chi connectivity index (χ1n) is 9.49. The number of benzene rings is 2. The summed E-state index contributed by atoms with van der Waals surface area (Å²) in [6, 6.07) is 17.0. The van der Waals surface area contributed by atoms with E-state index in [0.29, 0.717) is 6.04 Å². The molecule has 0 radical (unpaired) electrons. The zero-order valence-corrected chi connectivity index (χ0v) is 15.7. The zero-order chi connectivity index (χ0) is 18.4. The fourth-order valence-electron chi connectivity index (χ4n) is 3.63. The Morgan fingerprint density at radius 1 is 1.12 bits per heavy atom. The highest BCUT2D eigenvalue weighted by atomic mass is 16.1. The van der Waals surface area contributed by atoms with Crippen molar-refractivity contribution in [3.63, 3.8) is 0 Å². The van der Waals surface area contributed by atoms with Crippen LogP contribution in [0.3, 0.4) is 0 Å². The van der Waals surface area contributed by atoms with Crippen molar-refractivity contribution in [1.29, 1.82) is 0 Å². The summed E-state index contributed by atoms with van der Waals surface area (Å²) in [5.41, 5.74) is 4.07. The van der Waals surface area contributed by atoms with E-state index < -0.39 is 5.41 Å². The summed E-state index contributed by atoms with van der Waals surface area (Å²) in [6.45, 7) is 6.78. The molecular weight excluding hydrogens is 322 g/mol. The van der Waals surface area contributed by atoms with Crippen LogP contribution in [0.5, 0.6) is 0 Å². The lowest BCUT2D eigenvalue weighted by molar-refractivity contribution is -0.113. The highest BCUT2D eigenvalue weighted by molar-refractivity contribution is 5.76. The molecule has 0 amide bonds. The van der Waals surface area contributed by atoms with Gasteiger partial charge < -0.3 is 20.7 Å². The average molecular weight is 351 g/mol. The molecule has 0 unspecified atom stereocenters. The molecule has 0 aromatic heterocycles. The number of piperidine rings is 1. The average Bonchev–Trinajstić information content (AvgIpc) is 2.68. The predicted octanol–water partition coefficient (Wildman–Crippen LogP) is 3.94. The summed E-state index contributed by atoms with van der Waals surface area (Å²) < 4.78 is 0. The van der Waals surface area contributed by atoms with Crippen LogP contribution in [-0.4, -0.2) is 25.4 Å². The number of anilines is 2. The first kappa shape index (κ1) is 18.5. The number of hydrogen-bond donors (Lipinski definition) is 3. The topological polar surface area (TPSA) is 53.2 Å². The molecule has 0 aliphatic carbocycles. The number of carbonyl (C=O) groups is 1. The Bertz CT molecular complexity index is 721. The smallest absolute Gasteiger partial charge is 0.130 e. The van der Waals surface area contributed by atoms with Gasteiger partial charge in [0, 0.05) is 24.0 Å². The summed E-state index contributed by atoms with van der Waals surface area (Å²) in [5.74, 6) is 0. The second kappa shape index (κ2) is 8.37. The van der Waals surface area contributed by atoms with Crippen molar-refractivity contribution in [3.8, 4) is 0 Å². The van der Waals surface area contributed by atoms with Crippen LogP contribution in [0, 0.1) is 0 Å². The molecule has 3 rings (SSSR count). The third kappa shape index (κ3) is 4.25. The normalized spacial score (nSPS) is 16.3. The molecule has 0 spiro atoms. The minimum Gasteiger partial charge on any atom is -0.383 e. The third-order valence-corrected chi connectivity index (χ3v) is 5.06. The molecule has 26 heavy (non-hydrogen) atoms. The van der Waals surface area contributed by atoms with Crippen molar-refractivity contribution < 1.29 is 4.79 Å². The molecule has 1 heterocycles. The zero-order valence-electron chi connectivity index (χ0n) is 15.7. The van der Waals surface area contributed by atoms with Crippen molar-refractivity contribution in [1.82, 2.24) is 5.32 Å². The van der Waals surface area contributed by atoms with Gasteiger partial charge in [0.15, 0.2) is 0 Å². The van der Waals surface area contributed by atoms with Gasteiger partial charge in [-0.05, 0) is 69.1 Å². The van der Waals surface area contributed by atoms with Crippen molar-refractivity contribution in [2.75, 3.05) is 23.7 Å². The van der Waals surface area contributed by atoms with Gasteiger partial charge in [-0.25, -0.2) is 0 Å². The largest absolute Gasteiger partial charge is 0.383 e. The maximum absolute atomic E-state index is 12.1. The minimum atomic E-state index is -0.410. The Hall–Kier alpha value is -2.33. The van der Waals surface area contributed by atoms with Gasteiger partial charge >= 0.3 is 0 Å². The molecule has 1 aliphatic rings. The number of aldehydes is 1. The van der Waals surface area contributed by atoms with E-state index in [1.54, 1.807) is 0 Å². The lowest BCUT2D eigenvalue weighted by atomic mass is 9.73. The van der Waals surface area contributed by atoms with Gasteiger partial charge in [-0.3, -0.25) is 0 Å². The Morgan fingerprint density at radius 3 is 2.50 bits per heavy atom. The predicted molar refractivity (Wildman–Crippen MR) is 109 cm³/mol.